The van der Waals surface area contributed by atoms with Gasteiger partial charge in [0.05, 0.1) is 21.8 Å². The van der Waals surface area contributed by atoms with E-state index >= 15 is 0 Å². The van der Waals surface area contributed by atoms with Gasteiger partial charge in [-0.2, -0.15) is 4.98 Å². The van der Waals surface area contributed by atoms with Gasteiger partial charge in [0, 0.05) is 25.7 Å². The Bertz CT molecular complexity index is 1550. The van der Waals surface area contributed by atoms with Crippen LogP contribution in [0.15, 0.2) is 46.5 Å². The zero-order chi connectivity index (χ0) is 24.3. The number of benzene rings is 1. The number of amides is 1. The lowest BCUT2D eigenvalue weighted by molar-refractivity contribution is 0.0945. The fourth-order valence-electron chi connectivity index (χ4n) is 4.27. The summed E-state index contributed by atoms with van der Waals surface area (Å²) in [5.74, 6) is -0.0787. The average molecular weight is 513 g/mol. The number of hydrogen-bond acceptors (Lipinski definition) is 8. The minimum absolute atomic E-state index is 0.105. The van der Waals surface area contributed by atoms with Crippen molar-refractivity contribution in [1.29, 1.82) is 0 Å². The topological polar surface area (TPSA) is 123 Å². The monoisotopic (exact) mass is 512 g/mol. The number of nitrogens with zero attached hydrogens (tertiary/aromatic N) is 6. The lowest BCUT2D eigenvalue weighted by Gasteiger charge is -2.42. The highest BCUT2D eigenvalue weighted by atomic mass is 35.5. The van der Waals surface area contributed by atoms with Crippen molar-refractivity contribution >= 4 is 46.6 Å². The molecular weight excluding hydrogens is 495 g/mol. The number of thioether (sulfide) groups is 1. The number of nitrogens with two attached hydrogens (primary N) is 1. The predicted molar refractivity (Wildman–Crippen MR) is 130 cm³/mol. The van der Waals surface area contributed by atoms with Gasteiger partial charge < -0.3 is 16.0 Å². The summed E-state index contributed by atoms with van der Waals surface area (Å²) >= 11 is 7.59. The first-order valence-electron chi connectivity index (χ1n) is 10.8. The maximum absolute atomic E-state index is 13.6. The number of halogens is 2. The number of fused-ring (bicyclic) bond motifs is 2. The quantitative estimate of drug-likeness (QED) is 0.427. The normalized spacial score (nSPS) is 17.3. The first-order chi connectivity index (χ1) is 16.9. The summed E-state index contributed by atoms with van der Waals surface area (Å²) in [7, 11) is 0. The van der Waals surface area contributed by atoms with E-state index in [4.69, 9.17) is 17.3 Å². The Hall–Kier alpha value is -3.64. The Morgan fingerprint density at radius 3 is 2.71 bits per heavy atom. The van der Waals surface area contributed by atoms with Crippen molar-refractivity contribution in [3.8, 4) is 5.69 Å². The van der Waals surface area contributed by atoms with Gasteiger partial charge >= 0.3 is 0 Å². The molecule has 178 valence electrons. The summed E-state index contributed by atoms with van der Waals surface area (Å²) in [5, 5.41) is 7.94. The molecule has 0 spiro atoms. The molecule has 3 N–H and O–H groups in total. The van der Waals surface area contributed by atoms with E-state index in [2.05, 4.69) is 20.4 Å². The van der Waals surface area contributed by atoms with Crippen LogP contribution in [0.4, 0.5) is 16.2 Å². The molecule has 0 aliphatic carbocycles. The van der Waals surface area contributed by atoms with E-state index in [-0.39, 0.29) is 33.3 Å². The number of nitrogens with one attached hydrogen (secondary N) is 1. The van der Waals surface area contributed by atoms with Crippen LogP contribution in [0.2, 0.25) is 5.02 Å². The van der Waals surface area contributed by atoms with E-state index in [0.29, 0.717) is 47.4 Å². The molecule has 0 saturated carbocycles. The number of anilines is 2. The summed E-state index contributed by atoms with van der Waals surface area (Å²) in [6.45, 7) is 1.14. The molecule has 0 bridgehead atoms. The SMILES string of the molecule is Nc1nc2c(c(N3CCC3Sc3nn4ccc(Cl)c4c(=O)n3-c3ccc(F)cc3)n1)C(=O)NCC2. The molecule has 5 heterocycles. The molecule has 1 aromatic carbocycles. The predicted octanol–water partition coefficient (Wildman–Crippen LogP) is 2.26. The molecule has 0 radical (unpaired) electrons. The Kier molecular flexibility index (Phi) is 5.15. The number of nitrogen functional groups attached to an aromatic ring is 1. The molecule has 1 fully saturated rings. The molecule has 2 aliphatic heterocycles. The molecule has 10 nitrogen and oxygen atoms in total. The van der Waals surface area contributed by atoms with Crippen LogP contribution in [0.1, 0.15) is 22.5 Å². The molecule has 3 aromatic heterocycles. The van der Waals surface area contributed by atoms with Crippen molar-refractivity contribution in [3.63, 3.8) is 0 Å². The Morgan fingerprint density at radius 1 is 1.17 bits per heavy atom. The van der Waals surface area contributed by atoms with E-state index in [9.17, 15) is 14.0 Å². The average Bonchev–Trinajstić information content (AvgIpc) is 3.18. The maximum atomic E-state index is 13.6. The molecule has 1 amide bonds. The van der Waals surface area contributed by atoms with Crippen molar-refractivity contribution in [1.82, 2.24) is 29.5 Å². The fraction of sp³-hybridized carbons (Fsp3) is 0.227. The Morgan fingerprint density at radius 2 is 1.97 bits per heavy atom. The van der Waals surface area contributed by atoms with Crippen molar-refractivity contribution in [2.45, 2.75) is 23.4 Å². The summed E-state index contributed by atoms with van der Waals surface area (Å²) in [6, 6.07) is 7.19. The van der Waals surface area contributed by atoms with Gasteiger partial charge in [-0.25, -0.2) is 13.9 Å². The van der Waals surface area contributed by atoms with E-state index in [1.807, 2.05) is 4.90 Å². The molecule has 2 aliphatic rings. The lowest BCUT2D eigenvalue weighted by Crippen LogP contribution is -2.48. The van der Waals surface area contributed by atoms with Crippen LogP contribution in [0, 0.1) is 5.82 Å². The second-order valence-electron chi connectivity index (χ2n) is 8.14. The molecule has 1 unspecified atom stereocenters. The summed E-state index contributed by atoms with van der Waals surface area (Å²) < 4.78 is 16.4. The van der Waals surface area contributed by atoms with E-state index < -0.39 is 5.82 Å². The van der Waals surface area contributed by atoms with Gasteiger partial charge in [0.15, 0.2) is 5.16 Å². The first kappa shape index (κ1) is 21.9. The van der Waals surface area contributed by atoms with E-state index in [0.717, 1.165) is 6.42 Å². The molecule has 4 aromatic rings. The highest BCUT2D eigenvalue weighted by molar-refractivity contribution is 7.99. The largest absolute Gasteiger partial charge is 0.368 e. The fourth-order valence-corrected chi connectivity index (χ4v) is 5.72. The lowest BCUT2D eigenvalue weighted by atomic mass is 10.0. The molecule has 35 heavy (non-hydrogen) atoms. The van der Waals surface area contributed by atoms with Crippen molar-refractivity contribution in [3.05, 3.63) is 69.0 Å². The van der Waals surface area contributed by atoms with Gasteiger partial charge in [-0.15, -0.1) is 5.10 Å². The highest BCUT2D eigenvalue weighted by Crippen LogP contribution is 2.39. The number of carbonyl (C=O) groups excluding carboxylic acids is 1. The van der Waals surface area contributed by atoms with Crippen molar-refractivity contribution < 1.29 is 9.18 Å². The van der Waals surface area contributed by atoms with Gasteiger partial charge in [0.25, 0.3) is 11.5 Å². The molecule has 1 atom stereocenters. The number of hydrogen-bond donors (Lipinski definition) is 2. The zero-order valence-corrected chi connectivity index (χ0v) is 19.7. The minimum atomic E-state index is -0.416. The third-order valence-corrected chi connectivity index (χ3v) is 7.57. The standard InChI is InChI=1S/C22H18ClFN8O2S/c23-13-6-10-31-17(13)20(34)32(12-3-1-11(24)2-4-12)22(29-31)35-15-7-9-30(15)18-16-14(27-21(25)28-18)5-8-26-19(16)33/h1-4,6,10,15H,5,7-9H2,(H,26,33)(H2,25,27,28). The van der Waals surface area contributed by atoms with Crippen molar-refractivity contribution in [2.24, 2.45) is 0 Å². The first-order valence-corrected chi connectivity index (χ1v) is 12.1. The van der Waals surface area contributed by atoms with Gasteiger partial charge in [0.2, 0.25) is 5.95 Å². The van der Waals surface area contributed by atoms with Gasteiger partial charge in [-0.05, 0) is 36.8 Å². The summed E-state index contributed by atoms with van der Waals surface area (Å²) in [4.78, 5) is 36.6. The van der Waals surface area contributed by atoms with Crippen LogP contribution in [-0.2, 0) is 6.42 Å². The Balaban J connectivity index is 1.43. The minimum Gasteiger partial charge on any atom is -0.368 e. The van der Waals surface area contributed by atoms with E-state index in [1.165, 1.54) is 45.1 Å². The second-order valence-corrected chi connectivity index (χ2v) is 9.70. The maximum Gasteiger partial charge on any atom is 0.284 e. The number of rotatable bonds is 4. The highest BCUT2D eigenvalue weighted by Gasteiger charge is 2.37. The van der Waals surface area contributed by atoms with Crippen LogP contribution in [0.3, 0.4) is 0 Å². The third kappa shape index (κ3) is 3.60. The van der Waals surface area contributed by atoms with Crippen LogP contribution >= 0.6 is 23.4 Å². The van der Waals surface area contributed by atoms with Crippen molar-refractivity contribution in [2.75, 3.05) is 23.7 Å². The van der Waals surface area contributed by atoms with Crippen LogP contribution < -0.4 is 21.5 Å². The zero-order valence-electron chi connectivity index (χ0n) is 18.1. The summed E-state index contributed by atoms with van der Waals surface area (Å²) in [5.41, 5.74) is 7.30. The van der Waals surface area contributed by atoms with Crippen LogP contribution in [0.25, 0.3) is 11.2 Å². The van der Waals surface area contributed by atoms with E-state index in [1.54, 1.807) is 12.3 Å². The summed E-state index contributed by atoms with van der Waals surface area (Å²) in [6.07, 6.45) is 2.94. The van der Waals surface area contributed by atoms with Gasteiger partial charge in [-0.3, -0.25) is 14.2 Å². The molecule has 1 saturated heterocycles. The third-order valence-electron chi connectivity index (χ3n) is 6.03. The van der Waals surface area contributed by atoms with Crippen LogP contribution in [-0.4, -0.2) is 48.5 Å². The second kappa shape index (κ2) is 8.24. The Labute approximate surface area is 206 Å². The smallest absolute Gasteiger partial charge is 0.284 e. The number of aromatic nitrogens is 5. The van der Waals surface area contributed by atoms with Gasteiger partial charge in [0.1, 0.15) is 22.7 Å². The molecular formula is C22H18ClFN8O2S. The van der Waals surface area contributed by atoms with Crippen LogP contribution in [0.5, 0.6) is 0 Å². The number of carbonyl (C=O) groups is 1. The molecule has 13 heteroatoms. The van der Waals surface area contributed by atoms with Gasteiger partial charge in [-0.1, -0.05) is 23.4 Å². The molecule has 6 rings (SSSR count).